The molecule has 0 heterocycles. The maximum absolute atomic E-state index is 11.8. The Hall–Kier alpha value is -1.78. The molecule has 1 amide bonds. The van der Waals surface area contributed by atoms with E-state index in [4.69, 9.17) is 5.11 Å². The van der Waals surface area contributed by atoms with Crippen molar-refractivity contribution in [3.05, 3.63) is 70.8 Å². The maximum atomic E-state index is 11.8. The van der Waals surface area contributed by atoms with Crippen molar-refractivity contribution in [3.8, 4) is 0 Å². The molecular formula is C18H21NO2S. The highest BCUT2D eigenvalue weighted by Gasteiger charge is 2.02. The van der Waals surface area contributed by atoms with Crippen molar-refractivity contribution in [1.82, 2.24) is 5.32 Å². The second-order valence-corrected chi connectivity index (χ2v) is 6.22. The van der Waals surface area contributed by atoms with E-state index in [9.17, 15) is 4.79 Å². The second kappa shape index (κ2) is 8.61. The Kier molecular flexibility index (Phi) is 6.49. The van der Waals surface area contributed by atoms with E-state index in [2.05, 4.69) is 11.4 Å². The molecule has 116 valence electrons. The second-order valence-electron chi connectivity index (χ2n) is 5.23. The molecule has 0 saturated carbocycles. The van der Waals surface area contributed by atoms with Crippen LogP contribution >= 0.6 is 11.8 Å². The summed E-state index contributed by atoms with van der Waals surface area (Å²) in [5.74, 6) is 1.30. The molecule has 2 aromatic carbocycles. The van der Waals surface area contributed by atoms with Gasteiger partial charge in [0.1, 0.15) is 0 Å². The molecule has 0 aliphatic heterocycles. The summed E-state index contributed by atoms with van der Waals surface area (Å²) in [6.07, 6.45) is 0. The van der Waals surface area contributed by atoms with Crippen LogP contribution < -0.4 is 5.32 Å². The smallest absolute Gasteiger partial charge is 0.230 e. The van der Waals surface area contributed by atoms with Gasteiger partial charge in [0, 0.05) is 12.3 Å². The van der Waals surface area contributed by atoms with E-state index in [1.807, 2.05) is 49.4 Å². The minimum Gasteiger partial charge on any atom is -0.392 e. The molecule has 22 heavy (non-hydrogen) atoms. The minimum absolute atomic E-state index is 0.0542. The lowest BCUT2D eigenvalue weighted by Gasteiger charge is -2.06. The molecule has 0 radical (unpaired) electrons. The summed E-state index contributed by atoms with van der Waals surface area (Å²) in [5.41, 5.74) is 4.39. The Balaban J connectivity index is 1.69. The van der Waals surface area contributed by atoms with Crippen molar-refractivity contribution in [1.29, 1.82) is 0 Å². The molecule has 4 heteroatoms. The van der Waals surface area contributed by atoms with Gasteiger partial charge in [-0.2, -0.15) is 0 Å². The van der Waals surface area contributed by atoms with E-state index in [0.29, 0.717) is 12.3 Å². The zero-order valence-corrected chi connectivity index (χ0v) is 13.5. The first-order valence-electron chi connectivity index (χ1n) is 7.26. The van der Waals surface area contributed by atoms with Crippen molar-refractivity contribution in [3.63, 3.8) is 0 Å². The Morgan fingerprint density at radius 1 is 1.09 bits per heavy atom. The average Bonchev–Trinajstić information content (AvgIpc) is 2.54. The lowest BCUT2D eigenvalue weighted by molar-refractivity contribution is -0.118. The Morgan fingerprint density at radius 3 is 2.50 bits per heavy atom. The molecule has 0 spiro atoms. The Morgan fingerprint density at radius 2 is 1.82 bits per heavy atom. The largest absolute Gasteiger partial charge is 0.392 e. The number of amides is 1. The number of carbonyl (C=O) groups is 1. The molecule has 0 unspecified atom stereocenters. The third-order valence-electron chi connectivity index (χ3n) is 3.28. The number of aryl methyl sites for hydroxylation is 1. The zero-order valence-electron chi connectivity index (χ0n) is 12.7. The number of carbonyl (C=O) groups excluding carboxylic acids is 1. The van der Waals surface area contributed by atoms with E-state index < -0.39 is 0 Å². The summed E-state index contributed by atoms with van der Waals surface area (Å²) in [6.45, 7) is 2.68. The normalized spacial score (nSPS) is 10.5. The fraction of sp³-hybridized carbons (Fsp3) is 0.278. The molecule has 2 aromatic rings. The molecule has 3 nitrogen and oxygen atoms in total. The molecule has 2 rings (SSSR count). The standard InChI is InChI=1S/C18H21NO2S/c1-14-3-2-4-17(9-14)10-19-18(21)13-22-12-16-7-5-15(11-20)6-8-16/h2-9,20H,10-13H2,1H3,(H,19,21). The molecule has 0 fully saturated rings. The number of thioether (sulfide) groups is 1. The van der Waals surface area contributed by atoms with Gasteiger partial charge in [-0.1, -0.05) is 54.1 Å². The van der Waals surface area contributed by atoms with Gasteiger partial charge in [0.25, 0.3) is 0 Å². The third-order valence-corrected chi connectivity index (χ3v) is 4.28. The van der Waals surface area contributed by atoms with Gasteiger partial charge in [0.05, 0.1) is 12.4 Å². The fourth-order valence-electron chi connectivity index (χ4n) is 2.08. The predicted octanol–water partition coefficient (Wildman–Crippen LogP) is 3.04. The quantitative estimate of drug-likeness (QED) is 0.826. The van der Waals surface area contributed by atoms with Crippen molar-refractivity contribution in [2.75, 3.05) is 5.75 Å². The first-order chi connectivity index (χ1) is 10.7. The van der Waals surface area contributed by atoms with E-state index in [0.717, 1.165) is 22.4 Å². The number of hydrogen-bond donors (Lipinski definition) is 2. The molecular weight excluding hydrogens is 294 g/mol. The van der Waals surface area contributed by atoms with Crippen molar-refractivity contribution in [2.45, 2.75) is 25.8 Å². The van der Waals surface area contributed by atoms with Crippen LogP contribution in [0.15, 0.2) is 48.5 Å². The number of benzene rings is 2. The maximum Gasteiger partial charge on any atom is 0.230 e. The Labute approximate surface area is 135 Å². The van der Waals surface area contributed by atoms with Crippen LogP contribution in [-0.4, -0.2) is 16.8 Å². The van der Waals surface area contributed by atoms with Gasteiger partial charge in [-0.05, 0) is 23.6 Å². The summed E-state index contributed by atoms with van der Waals surface area (Å²) < 4.78 is 0. The first kappa shape index (κ1) is 16.6. The molecule has 0 aromatic heterocycles. The van der Waals surface area contributed by atoms with Gasteiger partial charge in [-0.3, -0.25) is 4.79 Å². The summed E-state index contributed by atoms with van der Waals surface area (Å²) >= 11 is 1.59. The fourth-order valence-corrected chi connectivity index (χ4v) is 2.89. The number of nitrogens with one attached hydrogen (secondary N) is 1. The van der Waals surface area contributed by atoms with Crippen LogP contribution in [0.1, 0.15) is 22.3 Å². The number of hydrogen-bond acceptors (Lipinski definition) is 3. The first-order valence-corrected chi connectivity index (χ1v) is 8.41. The van der Waals surface area contributed by atoms with Gasteiger partial charge in [-0.15, -0.1) is 11.8 Å². The zero-order chi connectivity index (χ0) is 15.8. The topological polar surface area (TPSA) is 49.3 Å². The summed E-state index contributed by atoms with van der Waals surface area (Å²) in [5, 5.41) is 11.9. The lowest BCUT2D eigenvalue weighted by Crippen LogP contribution is -2.24. The SMILES string of the molecule is Cc1cccc(CNC(=O)CSCc2ccc(CO)cc2)c1. The monoisotopic (exact) mass is 315 g/mol. The van der Waals surface area contributed by atoms with Crippen LogP contribution in [0.2, 0.25) is 0 Å². The van der Waals surface area contributed by atoms with Crippen LogP contribution in [0.25, 0.3) is 0 Å². The highest BCUT2D eigenvalue weighted by Crippen LogP contribution is 2.13. The van der Waals surface area contributed by atoms with Gasteiger partial charge in [0.2, 0.25) is 5.91 Å². The van der Waals surface area contributed by atoms with Gasteiger partial charge >= 0.3 is 0 Å². The molecule has 0 aliphatic rings. The van der Waals surface area contributed by atoms with Crippen LogP contribution in [0.3, 0.4) is 0 Å². The van der Waals surface area contributed by atoms with Crippen molar-refractivity contribution < 1.29 is 9.90 Å². The molecule has 0 saturated heterocycles. The molecule has 0 bridgehead atoms. The molecule has 0 atom stereocenters. The van der Waals surface area contributed by atoms with Crippen LogP contribution in [-0.2, 0) is 23.7 Å². The van der Waals surface area contributed by atoms with E-state index >= 15 is 0 Å². The summed E-state index contributed by atoms with van der Waals surface area (Å²) in [6, 6.07) is 15.9. The lowest BCUT2D eigenvalue weighted by atomic mass is 10.1. The van der Waals surface area contributed by atoms with Crippen LogP contribution in [0.5, 0.6) is 0 Å². The van der Waals surface area contributed by atoms with E-state index in [1.165, 1.54) is 5.56 Å². The molecule has 2 N–H and O–H groups in total. The number of aliphatic hydroxyl groups is 1. The van der Waals surface area contributed by atoms with Crippen LogP contribution in [0, 0.1) is 6.92 Å². The van der Waals surface area contributed by atoms with E-state index in [-0.39, 0.29) is 12.5 Å². The number of rotatable bonds is 7. The average molecular weight is 315 g/mol. The van der Waals surface area contributed by atoms with Gasteiger partial charge in [0.15, 0.2) is 0 Å². The van der Waals surface area contributed by atoms with Gasteiger partial charge < -0.3 is 10.4 Å². The van der Waals surface area contributed by atoms with E-state index in [1.54, 1.807) is 11.8 Å². The van der Waals surface area contributed by atoms with Crippen molar-refractivity contribution >= 4 is 17.7 Å². The van der Waals surface area contributed by atoms with Crippen LogP contribution in [0.4, 0.5) is 0 Å². The predicted molar refractivity (Wildman–Crippen MR) is 91.6 cm³/mol. The number of aliphatic hydroxyl groups excluding tert-OH is 1. The Bertz CT molecular complexity index is 611. The summed E-state index contributed by atoms with van der Waals surface area (Å²) in [7, 11) is 0. The highest BCUT2D eigenvalue weighted by atomic mass is 32.2. The van der Waals surface area contributed by atoms with Gasteiger partial charge in [-0.25, -0.2) is 0 Å². The highest BCUT2D eigenvalue weighted by molar-refractivity contribution is 7.99. The van der Waals surface area contributed by atoms with Crippen molar-refractivity contribution in [2.24, 2.45) is 0 Å². The summed E-state index contributed by atoms with van der Waals surface area (Å²) in [4.78, 5) is 11.8. The minimum atomic E-state index is 0.0542. The third kappa shape index (κ3) is 5.54. The molecule has 0 aliphatic carbocycles.